The first-order valence-electron chi connectivity index (χ1n) is 9.05. The third kappa shape index (κ3) is 5.40. The Balaban J connectivity index is 1.46. The van der Waals surface area contributed by atoms with Crippen LogP contribution < -0.4 is 5.32 Å². The van der Waals surface area contributed by atoms with E-state index in [1.54, 1.807) is 12.1 Å². The molecule has 0 aromatic heterocycles. The quantitative estimate of drug-likeness (QED) is 0.868. The van der Waals surface area contributed by atoms with Crippen LogP contribution in [-0.4, -0.2) is 30.4 Å². The fraction of sp³-hybridized carbons (Fsp3) is 0.381. The van der Waals surface area contributed by atoms with E-state index < -0.39 is 0 Å². The van der Waals surface area contributed by atoms with Gasteiger partial charge in [-0.15, -0.1) is 0 Å². The SMILES string of the molecule is O=C(NCCc1ccc(F)cc1)c1ccc(CN2CCCCC2)cc1. The van der Waals surface area contributed by atoms with E-state index in [1.165, 1.54) is 50.0 Å². The first-order chi connectivity index (χ1) is 12.2. The zero-order chi connectivity index (χ0) is 17.5. The van der Waals surface area contributed by atoms with E-state index in [0.717, 1.165) is 12.1 Å². The molecule has 132 valence electrons. The molecule has 4 heteroatoms. The summed E-state index contributed by atoms with van der Waals surface area (Å²) in [5.74, 6) is -0.302. The van der Waals surface area contributed by atoms with Crippen molar-refractivity contribution >= 4 is 5.91 Å². The average molecular weight is 340 g/mol. The fourth-order valence-corrected chi connectivity index (χ4v) is 3.21. The molecule has 1 aliphatic rings. The number of piperidine rings is 1. The first-order valence-corrected chi connectivity index (χ1v) is 9.05. The predicted octanol–water partition coefficient (Wildman–Crippen LogP) is 3.78. The van der Waals surface area contributed by atoms with Crippen LogP contribution in [0, 0.1) is 5.82 Å². The average Bonchev–Trinajstić information content (AvgIpc) is 2.65. The van der Waals surface area contributed by atoms with Gasteiger partial charge in [0.15, 0.2) is 0 Å². The molecule has 0 unspecified atom stereocenters. The van der Waals surface area contributed by atoms with Crippen molar-refractivity contribution in [2.24, 2.45) is 0 Å². The summed E-state index contributed by atoms with van der Waals surface area (Å²) in [6, 6.07) is 14.3. The molecule has 1 fully saturated rings. The highest BCUT2D eigenvalue weighted by Gasteiger charge is 2.11. The maximum atomic E-state index is 12.9. The summed E-state index contributed by atoms with van der Waals surface area (Å²) in [4.78, 5) is 14.7. The second kappa shape index (κ2) is 8.77. The van der Waals surface area contributed by atoms with Gasteiger partial charge in [0.25, 0.3) is 5.91 Å². The van der Waals surface area contributed by atoms with Gasteiger partial charge in [0.05, 0.1) is 0 Å². The van der Waals surface area contributed by atoms with Crippen molar-refractivity contribution in [1.82, 2.24) is 10.2 Å². The Hall–Kier alpha value is -2.20. The van der Waals surface area contributed by atoms with Crippen molar-refractivity contribution in [3.8, 4) is 0 Å². The molecular formula is C21H25FN2O. The highest BCUT2D eigenvalue weighted by molar-refractivity contribution is 5.94. The number of likely N-dealkylation sites (tertiary alicyclic amines) is 1. The molecule has 1 heterocycles. The molecule has 2 aromatic carbocycles. The molecule has 0 radical (unpaired) electrons. The van der Waals surface area contributed by atoms with E-state index in [-0.39, 0.29) is 11.7 Å². The molecule has 1 amide bonds. The molecule has 0 aliphatic carbocycles. The summed E-state index contributed by atoms with van der Waals surface area (Å²) in [6.07, 6.45) is 4.61. The number of nitrogens with zero attached hydrogens (tertiary/aromatic N) is 1. The van der Waals surface area contributed by atoms with Crippen LogP contribution in [0.2, 0.25) is 0 Å². The van der Waals surface area contributed by atoms with Crippen LogP contribution in [0.25, 0.3) is 0 Å². The van der Waals surface area contributed by atoms with E-state index in [1.807, 2.05) is 24.3 Å². The van der Waals surface area contributed by atoms with Crippen molar-refractivity contribution in [3.63, 3.8) is 0 Å². The van der Waals surface area contributed by atoms with Gasteiger partial charge in [-0.05, 0) is 67.7 Å². The smallest absolute Gasteiger partial charge is 0.251 e. The van der Waals surface area contributed by atoms with Gasteiger partial charge in [-0.3, -0.25) is 9.69 Å². The summed E-state index contributed by atoms with van der Waals surface area (Å²) in [5, 5.41) is 2.92. The van der Waals surface area contributed by atoms with Gasteiger partial charge in [0.1, 0.15) is 5.82 Å². The van der Waals surface area contributed by atoms with Gasteiger partial charge < -0.3 is 5.32 Å². The lowest BCUT2D eigenvalue weighted by Crippen LogP contribution is -2.29. The van der Waals surface area contributed by atoms with Crippen molar-refractivity contribution in [2.45, 2.75) is 32.2 Å². The van der Waals surface area contributed by atoms with E-state index in [2.05, 4.69) is 10.2 Å². The number of rotatable bonds is 6. The monoisotopic (exact) mass is 340 g/mol. The lowest BCUT2D eigenvalue weighted by Gasteiger charge is -2.26. The largest absolute Gasteiger partial charge is 0.352 e. The van der Waals surface area contributed by atoms with Gasteiger partial charge in [0.2, 0.25) is 0 Å². The molecule has 0 bridgehead atoms. The number of benzene rings is 2. The number of amides is 1. The minimum atomic E-state index is -0.238. The highest BCUT2D eigenvalue weighted by Crippen LogP contribution is 2.13. The number of hydrogen-bond acceptors (Lipinski definition) is 2. The maximum absolute atomic E-state index is 12.9. The highest BCUT2D eigenvalue weighted by atomic mass is 19.1. The van der Waals surface area contributed by atoms with E-state index in [0.29, 0.717) is 18.5 Å². The van der Waals surface area contributed by atoms with Gasteiger partial charge >= 0.3 is 0 Å². The summed E-state index contributed by atoms with van der Waals surface area (Å²) >= 11 is 0. The number of carbonyl (C=O) groups excluding carboxylic acids is 1. The Morgan fingerprint density at radius 3 is 2.24 bits per heavy atom. The summed E-state index contributed by atoms with van der Waals surface area (Å²) in [6.45, 7) is 3.85. The van der Waals surface area contributed by atoms with Crippen LogP contribution >= 0.6 is 0 Å². The summed E-state index contributed by atoms with van der Waals surface area (Å²) in [5.41, 5.74) is 2.95. The number of halogens is 1. The molecule has 0 atom stereocenters. The minimum Gasteiger partial charge on any atom is -0.352 e. The van der Waals surface area contributed by atoms with Crippen molar-refractivity contribution in [2.75, 3.05) is 19.6 Å². The molecule has 1 aliphatic heterocycles. The van der Waals surface area contributed by atoms with Crippen molar-refractivity contribution < 1.29 is 9.18 Å². The molecule has 0 saturated carbocycles. The van der Waals surface area contributed by atoms with E-state index in [4.69, 9.17) is 0 Å². The lowest BCUT2D eigenvalue weighted by molar-refractivity contribution is 0.0954. The van der Waals surface area contributed by atoms with Crippen LogP contribution in [-0.2, 0) is 13.0 Å². The molecule has 25 heavy (non-hydrogen) atoms. The van der Waals surface area contributed by atoms with Gasteiger partial charge in [-0.1, -0.05) is 30.7 Å². The zero-order valence-corrected chi connectivity index (χ0v) is 14.5. The second-order valence-corrected chi connectivity index (χ2v) is 6.67. The Morgan fingerprint density at radius 1 is 0.920 bits per heavy atom. The van der Waals surface area contributed by atoms with Crippen molar-refractivity contribution in [3.05, 3.63) is 71.0 Å². The summed E-state index contributed by atoms with van der Waals surface area (Å²) < 4.78 is 12.9. The van der Waals surface area contributed by atoms with Crippen LogP contribution in [0.1, 0.15) is 40.7 Å². The fourth-order valence-electron chi connectivity index (χ4n) is 3.21. The minimum absolute atomic E-state index is 0.0633. The van der Waals surface area contributed by atoms with Gasteiger partial charge in [-0.25, -0.2) is 4.39 Å². The Bertz CT molecular complexity index is 676. The summed E-state index contributed by atoms with van der Waals surface area (Å²) in [7, 11) is 0. The molecular weight excluding hydrogens is 315 g/mol. The Labute approximate surface area is 148 Å². The second-order valence-electron chi connectivity index (χ2n) is 6.67. The Morgan fingerprint density at radius 2 is 1.56 bits per heavy atom. The van der Waals surface area contributed by atoms with E-state index >= 15 is 0 Å². The number of carbonyl (C=O) groups is 1. The zero-order valence-electron chi connectivity index (χ0n) is 14.5. The number of hydrogen-bond donors (Lipinski definition) is 1. The first kappa shape index (κ1) is 17.6. The topological polar surface area (TPSA) is 32.3 Å². The molecule has 0 spiro atoms. The molecule has 3 nitrogen and oxygen atoms in total. The lowest BCUT2D eigenvalue weighted by atomic mass is 10.1. The molecule has 3 rings (SSSR count). The van der Waals surface area contributed by atoms with Crippen LogP contribution in [0.4, 0.5) is 4.39 Å². The van der Waals surface area contributed by atoms with Crippen molar-refractivity contribution in [1.29, 1.82) is 0 Å². The Kier molecular flexibility index (Phi) is 6.18. The van der Waals surface area contributed by atoms with Gasteiger partial charge in [0, 0.05) is 18.7 Å². The normalized spacial score (nSPS) is 15.1. The third-order valence-corrected chi connectivity index (χ3v) is 4.68. The predicted molar refractivity (Wildman–Crippen MR) is 98.0 cm³/mol. The van der Waals surface area contributed by atoms with E-state index in [9.17, 15) is 9.18 Å². The standard InChI is InChI=1S/C21H25FN2O/c22-20-10-6-17(7-11-20)12-13-23-21(25)19-8-4-18(5-9-19)16-24-14-2-1-3-15-24/h4-11H,1-3,12-16H2,(H,23,25). The van der Waals surface area contributed by atoms with Crippen LogP contribution in [0.15, 0.2) is 48.5 Å². The van der Waals surface area contributed by atoms with Crippen LogP contribution in [0.5, 0.6) is 0 Å². The third-order valence-electron chi connectivity index (χ3n) is 4.68. The van der Waals surface area contributed by atoms with Gasteiger partial charge in [-0.2, -0.15) is 0 Å². The number of nitrogens with one attached hydrogen (secondary N) is 1. The molecule has 1 N–H and O–H groups in total. The maximum Gasteiger partial charge on any atom is 0.251 e. The molecule has 1 saturated heterocycles. The van der Waals surface area contributed by atoms with Crippen LogP contribution in [0.3, 0.4) is 0 Å². The molecule has 2 aromatic rings.